The molecule has 0 aliphatic carbocycles. The minimum Gasteiger partial charge on any atom is -0.492 e. The second-order valence-electron chi connectivity index (χ2n) is 5.83. The molecule has 2 aromatic carbocycles. The molecule has 1 aliphatic rings. The SMILES string of the molecule is O=C(Nc1ccccc1-c1cccs1)C1COc2ccccc2C1. The van der Waals surface area contributed by atoms with Gasteiger partial charge in [-0.15, -0.1) is 11.3 Å². The lowest BCUT2D eigenvalue weighted by atomic mass is 9.96. The van der Waals surface area contributed by atoms with Gasteiger partial charge in [0.05, 0.1) is 5.92 Å². The number of hydrogen-bond acceptors (Lipinski definition) is 3. The van der Waals surface area contributed by atoms with E-state index in [0.717, 1.165) is 27.4 Å². The van der Waals surface area contributed by atoms with Crippen molar-refractivity contribution in [2.24, 2.45) is 5.92 Å². The normalized spacial score (nSPS) is 16.1. The number of amides is 1. The van der Waals surface area contributed by atoms with Crippen LogP contribution in [-0.2, 0) is 11.2 Å². The zero-order chi connectivity index (χ0) is 16.4. The number of anilines is 1. The van der Waals surface area contributed by atoms with Crippen LogP contribution in [-0.4, -0.2) is 12.5 Å². The van der Waals surface area contributed by atoms with Gasteiger partial charge in [0.2, 0.25) is 5.91 Å². The third-order valence-corrected chi connectivity index (χ3v) is 5.12. The summed E-state index contributed by atoms with van der Waals surface area (Å²) < 4.78 is 5.74. The van der Waals surface area contributed by atoms with Gasteiger partial charge in [-0.05, 0) is 35.6 Å². The van der Waals surface area contributed by atoms with E-state index in [1.165, 1.54) is 0 Å². The van der Waals surface area contributed by atoms with Crippen LogP contribution in [0, 0.1) is 5.92 Å². The predicted molar refractivity (Wildman–Crippen MR) is 97.5 cm³/mol. The molecule has 24 heavy (non-hydrogen) atoms. The molecule has 1 N–H and O–H groups in total. The van der Waals surface area contributed by atoms with Gasteiger partial charge in [-0.3, -0.25) is 4.79 Å². The lowest BCUT2D eigenvalue weighted by molar-refractivity contribution is -0.121. The van der Waals surface area contributed by atoms with E-state index in [-0.39, 0.29) is 11.8 Å². The Morgan fingerprint density at radius 3 is 2.75 bits per heavy atom. The molecule has 120 valence electrons. The monoisotopic (exact) mass is 335 g/mol. The van der Waals surface area contributed by atoms with Crippen molar-refractivity contribution in [2.75, 3.05) is 11.9 Å². The average Bonchev–Trinajstić information content (AvgIpc) is 3.16. The molecule has 0 saturated carbocycles. The Hall–Kier alpha value is -2.59. The lowest BCUT2D eigenvalue weighted by Gasteiger charge is -2.24. The Balaban J connectivity index is 1.54. The third-order valence-electron chi connectivity index (χ3n) is 4.22. The van der Waals surface area contributed by atoms with E-state index in [9.17, 15) is 4.79 Å². The van der Waals surface area contributed by atoms with E-state index in [0.29, 0.717) is 13.0 Å². The van der Waals surface area contributed by atoms with Gasteiger partial charge in [-0.25, -0.2) is 0 Å². The standard InChI is InChI=1S/C20H17NO2S/c22-20(15-12-14-6-1-4-9-18(14)23-13-15)21-17-8-3-2-7-16(17)19-10-5-11-24-19/h1-11,15H,12-13H2,(H,21,22). The highest BCUT2D eigenvalue weighted by molar-refractivity contribution is 7.13. The number of fused-ring (bicyclic) bond motifs is 1. The van der Waals surface area contributed by atoms with Crippen LogP contribution in [0.3, 0.4) is 0 Å². The molecule has 0 saturated heterocycles. The summed E-state index contributed by atoms with van der Waals surface area (Å²) in [5.41, 5.74) is 3.00. The molecule has 1 atom stereocenters. The molecule has 1 aromatic heterocycles. The number of carbonyl (C=O) groups is 1. The van der Waals surface area contributed by atoms with E-state index in [4.69, 9.17) is 4.74 Å². The summed E-state index contributed by atoms with van der Waals surface area (Å²) in [6.07, 6.45) is 0.711. The highest BCUT2D eigenvalue weighted by atomic mass is 32.1. The van der Waals surface area contributed by atoms with E-state index in [1.807, 2.05) is 60.0 Å². The first-order valence-corrected chi connectivity index (χ1v) is 8.84. The van der Waals surface area contributed by atoms with Crippen LogP contribution in [0.4, 0.5) is 5.69 Å². The summed E-state index contributed by atoms with van der Waals surface area (Å²) >= 11 is 1.67. The molecule has 3 nitrogen and oxygen atoms in total. The summed E-state index contributed by atoms with van der Waals surface area (Å²) in [5.74, 6) is 0.727. The van der Waals surface area contributed by atoms with Crippen molar-refractivity contribution in [3.05, 3.63) is 71.6 Å². The predicted octanol–water partition coefficient (Wildman–Crippen LogP) is 4.60. The van der Waals surface area contributed by atoms with Gasteiger partial charge >= 0.3 is 0 Å². The molecular weight excluding hydrogens is 318 g/mol. The van der Waals surface area contributed by atoms with Gasteiger partial charge in [0, 0.05) is 16.1 Å². The number of nitrogens with one attached hydrogen (secondary N) is 1. The fourth-order valence-corrected chi connectivity index (χ4v) is 3.74. The molecule has 0 spiro atoms. The topological polar surface area (TPSA) is 38.3 Å². The molecule has 0 bridgehead atoms. The van der Waals surface area contributed by atoms with Crippen molar-refractivity contribution in [3.63, 3.8) is 0 Å². The van der Waals surface area contributed by atoms with E-state index in [2.05, 4.69) is 11.4 Å². The fourth-order valence-electron chi connectivity index (χ4n) is 2.97. The second-order valence-corrected chi connectivity index (χ2v) is 6.78. The molecule has 1 amide bonds. The summed E-state index contributed by atoms with van der Waals surface area (Å²) in [4.78, 5) is 13.9. The molecule has 4 heteroatoms. The van der Waals surface area contributed by atoms with E-state index < -0.39 is 0 Å². The van der Waals surface area contributed by atoms with Crippen molar-refractivity contribution in [1.29, 1.82) is 0 Å². The summed E-state index contributed by atoms with van der Waals surface area (Å²) in [6, 6.07) is 19.9. The lowest BCUT2D eigenvalue weighted by Crippen LogP contribution is -2.32. The first-order valence-electron chi connectivity index (χ1n) is 7.96. The summed E-state index contributed by atoms with van der Waals surface area (Å²) in [7, 11) is 0. The second kappa shape index (κ2) is 6.49. The number of hydrogen-bond donors (Lipinski definition) is 1. The molecule has 4 rings (SSSR count). The molecule has 1 aliphatic heterocycles. The fraction of sp³-hybridized carbons (Fsp3) is 0.150. The summed E-state index contributed by atoms with van der Waals surface area (Å²) in [5, 5.41) is 5.13. The Morgan fingerprint density at radius 2 is 1.88 bits per heavy atom. The maximum absolute atomic E-state index is 12.7. The Labute approximate surface area is 144 Å². The van der Waals surface area contributed by atoms with Gasteiger partial charge in [-0.2, -0.15) is 0 Å². The quantitative estimate of drug-likeness (QED) is 0.759. The molecule has 1 unspecified atom stereocenters. The number of carbonyl (C=O) groups excluding carboxylic acids is 1. The number of ether oxygens (including phenoxy) is 1. The van der Waals surface area contributed by atoms with Gasteiger partial charge in [0.25, 0.3) is 0 Å². The van der Waals surface area contributed by atoms with Crippen LogP contribution in [0.25, 0.3) is 10.4 Å². The Morgan fingerprint density at radius 1 is 1.04 bits per heavy atom. The average molecular weight is 335 g/mol. The van der Waals surface area contributed by atoms with Crippen LogP contribution < -0.4 is 10.1 Å². The highest BCUT2D eigenvalue weighted by Crippen LogP contribution is 2.32. The van der Waals surface area contributed by atoms with Crippen molar-refractivity contribution in [1.82, 2.24) is 0 Å². The van der Waals surface area contributed by atoms with Gasteiger partial charge in [0.1, 0.15) is 12.4 Å². The third kappa shape index (κ3) is 2.93. The smallest absolute Gasteiger partial charge is 0.231 e. The van der Waals surface area contributed by atoms with Crippen LogP contribution in [0.5, 0.6) is 5.75 Å². The maximum atomic E-state index is 12.7. The summed E-state index contributed by atoms with van der Waals surface area (Å²) in [6.45, 7) is 0.421. The van der Waals surface area contributed by atoms with Crippen LogP contribution in [0.2, 0.25) is 0 Å². The van der Waals surface area contributed by atoms with E-state index >= 15 is 0 Å². The molecule has 2 heterocycles. The number of benzene rings is 2. The number of rotatable bonds is 3. The van der Waals surface area contributed by atoms with Crippen molar-refractivity contribution < 1.29 is 9.53 Å². The van der Waals surface area contributed by atoms with Crippen molar-refractivity contribution >= 4 is 22.9 Å². The molecule has 0 radical (unpaired) electrons. The Bertz CT molecular complexity index is 858. The molecular formula is C20H17NO2S. The van der Waals surface area contributed by atoms with Crippen LogP contribution in [0.1, 0.15) is 5.56 Å². The van der Waals surface area contributed by atoms with Crippen LogP contribution in [0.15, 0.2) is 66.0 Å². The van der Waals surface area contributed by atoms with Gasteiger partial charge in [0.15, 0.2) is 0 Å². The zero-order valence-electron chi connectivity index (χ0n) is 13.1. The minimum absolute atomic E-state index is 0.00788. The molecule has 3 aromatic rings. The van der Waals surface area contributed by atoms with Crippen molar-refractivity contribution in [3.8, 4) is 16.2 Å². The number of para-hydroxylation sites is 2. The molecule has 0 fully saturated rings. The minimum atomic E-state index is -0.170. The largest absolute Gasteiger partial charge is 0.492 e. The van der Waals surface area contributed by atoms with E-state index in [1.54, 1.807) is 11.3 Å². The van der Waals surface area contributed by atoms with Crippen LogP contribution >= 0.6 is 11.3 Å². The first kappa shape index (κ1) is 15.0. The Kier molecular flexibility index (Phi) is 4.05. The highest BCUT2D eigenvalue weighted by Gasteiger charge is 2.26. The first-order chi connectivity index (χ1) is 11.8. The van der Waals surface area contributed by atoms with Gasteiger partial charge in [-0.1, -0.05) is 42.5 Å². The van der Waals surface area contributed by atoms with Gasteiger partial charge < -0.3 is 10.1 Å². The maximum Gasteiger partial charge on any atom is 0.231 e. The number of thiophene rings is 1. The zero-order valence-corrected chi connectivity index (χ0v) is 13.9. The van der Waals surface area contributed by atoms with Crippen molar-refractivity contribution in [2.45, 2.75) is 6.42 Å².